The maximum absolute atomic E-state index is 12.6. The van der Waals surface area contributed by atoms with E-state index in [1.165, 1.54) is 7.14 Å². The minimum absolute atomic E-state index is 0. The van der Waals surface area contributed by atoms with Crippen LogP contribution in [0.5, 0.6) is 11.5 Å². The van der Waals surface area contributed by atoms with Crippen LogP contribution in [0.15, 0.2) is 60.7 Å². The first-order valence-electron chi connectivity index (χ1n) is 10.9. The van der Waals surface area contributed by atoms with Crippen LogP contribution in [0.2, 0.25) is 0 Å². The Morgan fingerprint density at radius 3 is 0.864 bits per heavy atom. The van der Waals surface area contributed by atoms with E-state index in [0.29, 0.717) is 0 Å². The van der Waals surface area contributed by atoms with Crippen molar-refractivity contribution in [1.82, 2.24) is 0 Å². The molecule has 0 aromatic heterocycles. The van der Waals surface area contributed by atoms with Gasteiger partial charge in [-0.15, -0.1) is 0 Å². The Labute approximate surface area is 265 Å². The molecule has 0 heterocycles. The van der Waals surface area contributed by atoms with Crippen molar-refractivity contribution in [2.45, 2.75) is 0 Å². The average molecular weight is 834 g/mol. The number of hydrogen-bond acceptors (Lipinski definition) is 6. The Morgan fingerprint density at radius 2 is 0.636 bits per heavy atom. The van der Waals surface area contributed by atoms with E-state index < -0.39 is 84.3 Å². The van der Waals surface area contributed by atoms with Crippen LogP contribution in [0.3, 0.4) is 0 Å². The number of halogens is 11. The fourth-order valence-electron chi connectivity index (χ4n) is 2.65. The molecule has 4 aromatic carbocycles. The van der Waals surface area contributed by atoms with Gasteiger partial charge in [-0.3, -0.25) is 0 Å². The first-order valence-corrected chi connectivity index (χ1v) is 13.1. The third-order valence-corrected chi connectivity index (χ3v) is 7.14. The molecule has 233 valence electrons. The predicted octanol–water partition coefficient (Wildman–Crippen LogP) is -1.25. The summed E-state index contributed by atoms with van der Waals surface area (Å²) in [5.41, 5.74) is 0. The minimum atomic E-state index is -3.20. The molecule has 0 aliphatic heterocycles. The Hall–Kier alpha value is -2.90. The van der Waals surface area contributed by atoms with Crippen molar-refractivity contribution in [3.8, 4) is 11.5 Å². The molecule has 0 saturated heterocycles. The number of hydrogen-bond donors (Lipinski definition) is 0. The van der Waals surface area contributed by atoms with Gasteiger partial charge in [0.1, 0.15) is 14.6 Å². The topological polar surface area (TPSA) is 111 Å². The summed E-state index contributed by atoms with van der Waals surface area (Å²) in [5.74, 6) is -27.1. The maximum atomic E-state index is 12.6. The molecule has 6 nitrogen and oxygen atoms in total. The predicted molar refractivity (Wildman–Crippen MR) is 116 cm³/mol. The summed E-state index contributed by atoms with van der Waals surface area (Å²) in [4.78, 5) is 0. The van der Waals surface area contributed by atoms with Crippen LogP contribution in [-0.4, -0.2) is 14.6 Å². The van der Waals surface area contributed by atoms with E-state index in [1.807, 2.05) is 0 Å². The van der Waals surface area contributed by atoms with Crippen molar-refractivity contribution in [2.75, 3.05) is 0 Å². The van der Waals surface area contributed by atoms with Gasteiger partial charge in [0, 0.05) is 0 Å². The molecule has 1 radical (unpaired) electrons. The Kier molecular flexibility index (Phi) is 16.2. The Morgan fingerprint density at radius 1 is 0.409 bits per heavy atom. The number of benzene rings is 4. The smallest absolute Gasteiger partial charge is 0.860 e. The molecule has 0 fully saturated rings. The van der Waals surface area contributed by atoms with Crippen molar-refractivity contribution in [3.63, 3.8) is 0 Å². The summed E-state index contributed by atoms with van der Waals surface area (Å²) in [7, 11) is -6.39. The molecule has 0 aliphatic carbocycles. The van der Waals surface area contributed by atoms with Gasteiger partial charge in [0.05, 0.1) is 0 Å². The second-order valence-electron chi connectivity index (χ2n) is 7.30. The maximum Gasteiger partial charge on any atom is 3.00 e. The zero-order valence-corrected chi connectivity index (χ0v) is 24.8. The zero-order valence-electron chi connectivity index (χ0n) is 20.9. The first kappa shape index (κ1) is 39.1. The van der Waals surface area contributed by atoms with Crippen LogP contribution in [0.25, 0.3) is 0 Å². The molecular formula is C24H10B2F10IO6Ru. The summed E-state index contributed by atoms with van der Waals surface area (Å²) in [6.45, 7) is 0. The van der Waals surface area contributed by atoms with Crippen LogP contribution < -0.4 is 50.6 Å². The minimum Gasteiger partial charge on any atom is -0.860 e. The normalized spacial score (nSPS) is 9.95. The molecule has 20 heteroatoms. The summed E-state index contributed by atoms with van der Waals surface area (Å²) in [6.07, 6.45) is 0. The summed E-state index contributed by atoms with van der Waals surface area (Å²) >= 11 is 0.0287. The molecule has 4 aromatic rings. The molecule has 44 heavy (non-hydrogen) atoms. The van der Waals surface area contributed by atoms with Crippen molar-refractivity contribution in [3.05, 3.63) is 126 Å². The molecule has 0 bridgehead atoms. The molecule has 4 rings (SSSR count). The van der Waals surface area contributed by atoms with Crippen LogP contribution >= 0.6 is 0 Å². The molecule has 0 aliphatic rings. The fourth-order valence-corrected chi connectivity index (χ4v) is 4.92. The van der Waals surface area contributed by atoms with Crippen LogP contribution in [0.1, 0.15) is 0 Å². The molecule has 0 spiro atoms. The molecule has 0 saturated carbocycles. The van der Waals surface area contributed by atoms with Crippen molar-refractivity contribution >= 4 is 14.6 Å². The van der Waals surface area contributed by atoms with Gasteiger partial charge in [-0.05, 0) is 24.3 Å². The van der Waals surface area contributed by atoms with Gasteiger partial charge in [0.25, 0.3) is 0 Å². The second-order valence-corrected chi connectivity index (χ2v) is 10.3. The van der Waals surface area contributed by atoms with Gasteiger partial charge in [-0.25, -0.2) is 26.3 Å². The van der Waals surface area contributed by atoms with Gasteiger partial charge in [0.15, 0.2) is 18.6 Å². The third-order valence-electron chi connectivity index (χ3n) is 4.45. The van der Waals surface area contributed by atoms with Crippen molar-refractivity contribution in [1.29, 1.82) is 0 Å². The van der Waals surface area contributed by atoms with E-state index in [9.17, 15) is 64.0 Å². The fraction of sp³-hybridized carbons (Fsp3) is 0. The Bertz CT molecular complexity index is 1360. The van der Waals surface area contributed by atoms with E-state index in [0.717, 1.165) is 0 Å². The average Bonchev–Trinajstić information content (AvgIpc) is 2.99. The van der Waals surface area contributed by atoms with E-state index in [2.05, 4.69) is 70.0 Å². The number of rotatable bonds is 6. The standard InChI is InChI=1S/C12H10I.2C6BF5O3.Ru/c1-3-7-11(8-4-1)13-12-9-5-2-6-10-12;2*8-1-2(9)4(11)6(15-7(13)14)5(12)3(1)10;/h1-10H;;;/q+1;2*-2;+3. The monoisotopic (exact) mass is 835 g/mol. The molecular weight excluding hydrogens is 824 g/mol. The molecule has 0 N–H and O–H groups in total. The van der Waals surface area contributed by atoms with Gasteiger partial charge in [0.2, 0.25) is 58.2 Å². The summed E-state index contributed by atoms with van der Waals surface area (Å²) in [5, 5.41) is 39.4. The summed E-state index contributed by atoms with van der Waals surface area (Å²) in [6, 6.07) is 21.4. The van der Waals surface area contributed by atoms with E-state index in [4.69, 9.17) is 0 Å². The Balaban J connectivity index is 0.000000327. The molecule has 0 atom stereocenters. The van der Waals surface area contributed by atoms with Gasteiger partial charge < -0.3 is 29.4 Å². The van der Waals surface area contributed by atoms with Crippen molar-refractivity contribution in [2.24, 2.45) is 0 Å². The zero-order chi connectivity index (χ0) is 32.4. The second kappa shape index (κ2) is 18.2. The quantitative estimate of drug-likeness (QED) is 0.0791. The van der Waals surface area contributed by atoms with Gasteiger partial charge >= 0.3 is 40.7 Å². The van der Waals surface area contributed by atoms with Gasteiger partial charge in [-0.2, -0.15) is 17.6 Å². The SMILES string of the molecule is [O-]B([O-])Oc1c(F)c(F)c(F)c(F)c1F.[O-]B([O-])Oc1c(F)c(F)c(F)c(F)c1F.[Ru+3].c1ccc([I+]c2ccccc2)cc1. The third kappa shape index (κ3) is 10.6. The van der Waals surface area contributed by atoms with Gasteiger partial charge in [-0.1, -0.05) is 36.4 Å². The van der Waals surface area contributed by atoms with Crippen LogP contribution in [-0.2, 0) is 19.5 Å². The van der Waals surface area contributed by atoms with E-state index in [1.54, 1.807) is 0 Å². The largest absolute Gasteiger partial charge is 3.00 e. The summed E-state index contributed by atoms with van der Waals surface area (Å²) < 4.78 is 135. The van der Waals surface area contributed by atoms with Crippen LogP contribution in [0.4, 0.5) is 43.9 Å². The van der Waals surface area contributed by atoms with E-state index in [-0.39, 0.29) is 40.7 Å². The van der Waals surface area contributed by atoms with Crippen LogP contribution in [0, 0.1) is 65.3 Å². The molecule has 0 amide bonds. The van der Waals surface area contributed by atoms with Crippen molar-refractivity contribution < 1.29 is 114 Å². The van der Waals surface area contributed by atoms with E-state index >= 15 is 0 Å². The molecule has 0 unspecified atom stereocenters. The first-order chi connectivity index (χ1) is 20.2.